The third-order valence-electron chi connectivity index (χ3n) is 1.46. The highest BCUT2D eigenvalue weighted by Crippen LogP contribution is 1.83. The maximum Gasteiger partial charge on any atom is 0.239 e. The van der Waals surface area contributed by atoms with Crippen molar-refractivity contribution in [3.05, 3.63) is 0 Å². The number of carbonyl (C=O) groups is 1. The molecular weight excluding hydrogens is 158 g/mol. The average Bonchev–Trinajstić information content (AvgIpc) is 2.10. The fraction of sp³-hybridized carbons (Fsp3) is 0.857. The molecule has 0 fully saturated rings. The number of hydrogen-bond acceptors (Lipinski definition) is 4. The summed E-state index contributed by atoms with van der Waals surface area (Å²) in [6, 6.07) is -0.803. The van der Waals surface area contributed by atoms with Gasteiger partial charge in [0.05, 0.1) is 6.61 Å². The lowest BCUT2D eigenvalue weighted by molar-refractivity contribution is -0.123. The highest BCUT2D eigenvalue weighted by atomic mass is 16.3. The summed E-state index contributed by atoms with van der Waals surface area (Å²) in [5.41, 5.74) is 10.5. The summed E-state index contributed by atoms with van der Waals surface area (Å²) in [5.74, 6) is -0.311. The largest absolute Gasteiger partial charge is 0.394 e. The van der Waals surface area contributed by atoms with Crippen molar-refractivity contribution < 1.29 is 9.90 Å². The van der Waals surface area contributed by atoms with Gasteiger partial charge in [-0.1, -0.05) is 0 Å². The Morgan fingerprint density at radius 3 is 2.67 bits per heavy atom. The predicted molar refractivity (Wildman–Crippen MR) is 46.4 cm³/mol. The van der Waals surface area contributed by atoms with E-state index in [9.17, 15) is 4.79 Å². The Labute approximate surface area is 72.1 Å². The van der Waals surface area contributed by atoms with Crippen LogP contribution < -0.4 is 16.8 Å². The Hall–Kier alpha value is -0.650. The molecule has 0 aliphatic carbocycles. The van der Waals surface area contributed by atoms with Crippen LogP contribution in [0.4, 0.5) is 0 Å². The van der Waals surface area contributed by atoms with Crippen LogP contribution >= 0.6 is 0 Å². The molecule has 0 bridgehead atoms. The molecule has 0 aromatic heterocycles. The molecule has 5 heteroatoms. The number of nitrogens with one attached hydrogen (secondary N) is 1. The van der Waals surface area contributed by atoms with Crippen LogP contribution in [0.15, 0.2) is 0 Å². The number of unbranched alkanes of at least 4 members (excludes halogenated alkanes) is 1. The van der Waals surface area contributed by atoms with Gasteiger partial charge in [0.15, 0.2) is 0 Å². The van der Waals surface area contributed by atoms with E-state index in [0.717, 1.165) is 12.8 Å². The van der Waals surface area contributed by atoms with E-state index in [-0.39, 0.29) is 12.5 Å². The molecule has 0 spiro atoms. The summed E-state index contributed by atoms with van der Waals surface area (Å²) in [7, 11) is 0. The first kappa shape index (κ1) is 11.4. The Bertz CT molecular complexity index is 130. The molecule has 0 unspecified atom stereocenters. The van der Waals surface area contributed by atoms with Crippen LogP contribution in [0, 0.1) is 0 Å². The summed E-state index contributed by atoms with van der Waals surface area (Å²) in [6.45, 7) is 0.883. The van der Waals surface area contributed by atoms with Crippen molar-refractivity contribution in [3.8, 4) is 0 Å². The zero-order valence-corrected chi connectivity index (χ0v) is 7.12. The van der Waals surface area contributed by atoms with Gasteiger partial charge in [-0.3, -0.25) is 4.79 Å². The summed E-state index contributed by atoms with van der Waals surface area (Å²) >= 11 is 0. The molecule has 1 amide bonds. The third kappa shape index (κ3) is 5.06. The summed E-state index contributed by atoms with van der Waals surface area (Å²) < 4.78 is 0. The molecule has 12 heavy (non-hydrogen) atoms. The number of aliphatic hydroxyl groups is 1. The van der Waals surface area contributed by atoms with E-state index >= 15 is 0 Å². The van der Waals surface area contributed by atoms with Crippen LogP contribution in [0.2, 0.25) is 0 Å². The van der Waals surface area contributed by atoms with Gasteiger partial charge >= 0.3 is 0 Å². The number of amides is 1. The first-order valence-electron chi connectivity index (χ1n) is 4.06. The minimum atomic E-state index is -0.803. The first-order valence-corrected chi connectivity index (χ1v) is 4.06. The quantitative estimate of drug-likeness (QED) is 0.356. The standard InChI is InChI=1S/C7H17N3O2/c8-3-1-2-4-10-7(12)6(9)5-11/h6,11H,1-5,8-9H2,(H,10,12)/t6-/m0/s1. The lowest BCUT2D eigenvalue weighted by atomic mass is 10.3. The zero-order chi connectivity index (χ0) is 9.40. The fourth-order valence-corrected chi connectivity index (χ4v) is 0.695. The Morgan fingerprint density at radius 2 is 2.17 bits per heavy atom. The molecule has 0 heterocycles. The van der Waals surface area contributed by atoms with Crippen LogP contribution in [0.1, 0.15) is 12.8 Å². The molecule has 0 aliphatic rings. The molecule has 0 aromatic rings. The Morgan fingerprint density at radius 1 is 1.50 bits per heavy atom. The zero-order valence-electron chi connectivity index (χ0n) is 7.12. The van der Waals surface area contributed by atoms with Gasteiger partial charge in [-0.25, -0.2) is 0 Å². The van der Waals surface area contributed by atoms with Crippen LogP contribution in [0.5, 0.6) is 0 Å². The minimum Gasteiger partial charge on any atom is -0.394 e. The number of carbonyl (C=O) groups excluding carboxylic acids is 1. The van der Waals surface area contributed by atoms with Gasteiger partial charge in [0, 0.05) is 6.54 Å². The van der Waals surface area contributed by atoms with Crippen LogP contribution in [-0.4, -0.2) is 36.8 Å². The fourth-order valence-electron chi connectivity index (χ4n) is 0.695. The van der Waals surface area contributed by atoms with Gasteiger partial charge in [-0.2, -0.15) is 0 Å². The molecule has 0 aliphatic heterocycles. The molecule has 0 rings (SSSR count). The highest BCUT2D eigenvalue weighted by Gasteiger charge is 2.09. The molecule has 72 valence electrons. The molecule has 0 aromatic carbocycles. The monoisotopic (exact) mass is 175 g/mol. The van der Waals surface area contributed by atoms with Crippen molar-refractivity contribution in [3.63, 3.8) is 0 Å². The lowest BCUT2D eigenvalue weighted by Gasteiger charge is -2.08. The predicted octanol–water partition coefficient (Wildman–Crippen LogP) is -1.84. The second-order valence-electron chi connectivity index (χ2n) is 2.58. The normalized spacial score (nSPS) is 12.6. The highest BCUT2D eigenvalue weighted by molar-refractivity contribution is 5.81. The van der Waals surface area contributed by atoms with E-state index < -0.39 is 6.04 Å². The van der Waals surface area contributed by atoms with Gasteiger partial charge in [-0.05, 0) is 19.4 Å². The van der Waals surface area contributed by atoms with Crippen molar-refractivity contribution in [2.24, 2.45) is 11.5 Å². The van der Waals surface area contributed by atoms with Gasteiger partial charge in [0.25, 0.3) is 0 Å². The molecule has 0 saturated heterocycles. The minimum absolute atomic E-state index is 0.311. The number of rotatable bonds is 6. The van der Waals surface area contributed by atoms with Gasteiger partial charge in [0.2, 0.25) is 5.91 Å². The number of hydrogen-bond donors (Lipinski definition) is 4. The maximum absolute atomic E-state index is 10.9. The van der Waals surface area contributed by atoms with Crippen molar-refractivity contribution in [1.82, 2.24) is 5.32 Å². The average molecular weight is 175 g/mol. The van der Waals surface area contributed by atoms with E-state index in [4.69, 9.17) is 16.6 Å². The molecule has 6 N–H and O–H groups in total. The maximum atomic E-state index is 10.9. The first-order chi connectivity index (χ1) is 5.72. The van der Waals surface area contributed by atoms with E-state index in [0.29, 0.717) is 13.1 Å². The molecule has 0 radical (unpaired) electrons. The van der Waals surface area contributed by atoms with Crippen molar-refractivity contribution in [1.29, 1.82) is 0 Å². The molecule has 0 saturated carbocycles. The number of aliphatic hydroxyl groups excluding tert-OH is 1. The van der Waals surface area contributed by atoms with Crippen LogP contribution in [0.3, 0.4) is 0 Å². The summed E-state index contributed by atoms with van der Waals surface area (Å²) in [4.78, 5) is 10.9. The van der Waals surface area contributed by atoms with Crippen LogP contribution in [0.25, 0.3) is 0 Å². The molecule has 1 atom stereocenters. The van der Waals surface area contributed by atoms with Crippen LogP contribution in [-0.2, 0) is 4.79 Å². The van der Waals surface area contributed by atoms with E-state index in [1.807, 2.05) is 0 Å². The van der Waals surface area contributed by atoms with Crippen molar-refractivity contribution in [2.75, 3.05) is 19.7 Å². The summed E-state index contributed by atoms with van der Waals surface area (Å²) in [6.07, 6.45) is 1.73. The van der Waals surface area contributed by atoms with Gasteiger partial charge < -0.3 is 21.9 Å². The van der Waals surface area contributed by atoms with Gasteiger partial charge in [0.1, 0.15) is 6.04 Å². The number of nitrogens with two attached hydrogens (primary N) is 2. The molecule has 5 nitrogen and oxygen atoms in total. The third-order valence-corrected chi connectivity index (χ3v) is 1.46. The van der Waals surface area contributed by atoms with E-state index in [1.165, 1.54) is 0 Å². The van der Waals surface area contributed by atoms with Gasteiger partial charge in [-0.15, -0.1) is 0 Å². The second-order valence-corrected chi connectivity index (χ2v) is 2.58. The SMILES string of the molecule is NCCCCNC(=O)[C@@H](N)CO. The van der Waals surface area contributed by atoms with E-state index in [2.05, 4.69) is 5.32 Å². The Balaban J connectivity index is 3.31. The smallest absolute Gasteiger partial charge is 0.239 e. The summed E-state index contributed by atoms with van der Waals surface area (Å²) in [5, 5.41) is 11.1. The Kier molecular flexibility index (Phi) is 6.64. The lowest BCUT2D eigenvalue weighted by Crippen LogP contribution is -2.43. The van der Waals surface area contributed by atoms with Crippen molar-refractivity contribution >= 4 is 5.91 Å². The second kappa shape index (κ2) is 7.02. The molecular formula is C7H17N3O2. The topological polar surface area (TPSA) is 101 Å². The van der Waals surface area contributed by atoms with E-state index in [1.54, 1.807) is 0 Å². The van der Waals surface area contributed by atoms with Crippen molar-refractivity contribution in [2.45, 2.75) is 18.9 Å².